The molecule has 6 nitrogen and oxygen atoms in total. The Morgan fingerprint density at radius 2 is 1.82 bits per heavy atom. The Bertz CT molecular complexity index is 714. The molecule has 3 rings (SSSR count). The van der Waals surface area contributed by atoms with Crippen LogP contribution in [0.5, 0.6) is 0 Å². The van der Waals surface area contributed by atoms with Crippen LogP contribution in [0, 0.1) is 11.3 Å². The summed E-state index contributed by atoms with van der Waals surface area (Å²) < 4.78 is 78.7. The van der Waals surface area contributed by atoms with E-state index in [1.807, 2.05) is 0 Å². The highest BCUT2D eigenvalue weighted by atomic mass is 32.1. The van der Waals surface area contributed by atoms with E-state index in [2.05, 4.69) is 15.0 Å². The third kappa shape index (κ3) is 4.33. The number of ether oxygens (including phenoxy) is 1. The molecule has 2 amide bonds. The average molecular weight is 431 g/mol. The SMILES string of the molecule is O=C(Nc1nccs1)[C@@H]1CC12CCN(C(=O)OC(C(F)(F)F)C(F)(F)F)CC2. The van der Waals surface area contributed by atoms with Gasteiger partial charge in [0.25, 0.3) is 6.10 Å². The number of anilines is 1. The van der Waals surface area contributed by atoms with Crippen molar-refractivity contribution in [2.75, 3.05) is 18.4 Å². The standard InChI is InChI=1S/C15H15F6N3O3S/c16-14(17,18)10(15(19,20)21)27-12(26)24-4-1-13(2-5-24)7-8(13)9(25)23-11-22-3-6-28-11/h3,6,8,10H,1-2,4-5,7H2,(H,22,23,25)/t8-/m0/s1. The van der Waals surface area contributed by atoms with Gasteiger partial charge in [-0.25, -0.2) is 9.78 Å². The van der Waals surface area contributed by atoms with E-state index < -0.39 is 30.0 Å². The van der Waals surface area contributed by atoms with Crippen LogP contribution in [-0.2, 0) is 9.53 Å². The van der Waals surface area contributed by atoms with Crippen LogP contribution in [0.3, 0.4) is 0 Å². The Morgan fingerprint density at radius 3 is 2.32 bits per heavy atom. The van der Waals surface area contributed by atoms with Gasteiger partial charge in [-0.15, -0.1) is 11.3 Å². The Labute approximate surface area is 158 Å². The molecule has 0 aromatic carbocycles. The first-order valence-corrected chi connectivity index (χ1v) is 9.10. The molecule has 1 atom stereocenters. The van der Waals surface area contributed by atoms with Crippen LogP contribution in [0.4, 0.5) is 36.3 Å². The number of amides is 2. The minimum absolute atomic E-state index is 0.0811. The Hall–Kier alpha value is -2.05. The maximum Gasteiger partial charge on any atom is 0.434 e. The molecule has 1 spiro atoms. The van der Waals surface area contributed by atoms with E-state index in [0.717, 1.165) is 4.90 Å². The summed E-state index contributed by atoms with van der Waals surface area (Å²) in [4.78, 5) is 28.8. The Balaban J connectivity index is 1.53. The summed E-state index contributed by atoms with van der Waals surface area (Å²) in [6.07, 6.45) is -14.7. The van der Waals surface area contributed by atoms with Gasteiger partial charge < -0.3 is 15.0 Å². The molecule has 1 aromatic heterocycles. The zero-order valence-corrected chi connectivity index (χ0v) is 15.0. The number of nitrogens with zero attached hydrogens (tertiary/aromatic N) is 2. The lowest BCUT2D eigenvalue weighted by Crippen LogP contribution is -2.49. The van der Waals surface area contributed by atoms with E-state index in [1.165, 1.54) is 17.5 Å². The van der Waals surface area contributed by atoms with Gasteiger partial charge in [-0.3, -0.25) is 4.79 Å². The van der Waals surface area contributed by atoms with Gasteiger partial charge in [0.2, 0.25) is 5.91 Å². The number of rotatable bonds is 3. The minimum Gasteiger partial charge on any atom is -0.426 e. The maximum atomic E-state index is 12.5. The lowest BCUT2D eigenvalue weighted by Gasteiger charge is -2.33. The molecule has 2 heterocycles. The van der Waals surface area contributed by atoms with Gasteiger partial charge in [0.05, 0.1) is 0 Å². The predicted octanol–water partition coefficient (Wildman–Crippen LogP) is 3.81. The number of alkyl halides is 6. The number of hydrogen-bond donors (Lipinski definition) is 1. The average Bonchev–Trinajstić information content (AvgIpc) is 3.02. The molecule has 1 saturated carbocycles. The van der Waals surface area contributed by atoms with E-state index in [1.54, 1.807) is 5.38 Å². The molecule has 0 radical (unpaired) electrons. The largest absolute Gasteiger partial charge is 0.434 e. The fraction of sp³-hybridized carbons (Fsp3) is 0.667. The van der Waals surface area contributed by atoms with Crippen molar-refractivity contribution in [1.82, 2.24) is 9.88 Å². The van der Waals surface area contributed by atoms with Crippen molar-refractivity contribution in [1.29, 1.82) is 0 Å². The van der Waals surface area contributed by atoms with Gasteiger partial charge in [-0.2, -0.15) is 26.3 Å². The molecule has 1 aliphatic carbocycles. The van der Waals surface area contributed by atoms with Gasteiger partial charge in [0.1, 0.15) is 0 Å². The molecule has 2 fully saturated rings. The smallest absolute Gasteiger partial charge is 0.426 e. The molecular weight excluding hydrogens is 416 g/mol. The molecule has 0 bridgehead atoms. The van der Waals surface area contributed by atoms with Crippen LogP contribution < -0.4 is 5.32 Å². The van der Waals surface area contributed by atoms with Crippen molar-refractivity contribution in [3.63, 3.8) is 0 Å². The van der Waals surface area contributed by atoms with Crippen LogP contribution in [0.25, 0.3) is 0 Å². The normalized spacial score (nSPS) is 21.7. The number of aromatic nitrogens is 1. The number of likely N-dealkylation sites (tertiary alicyclic amines) is 1. The summed E-state index contributed by atoms with van der Waals surface area (Å²) in [5.41, 5.74) is -0.397. The summed E-state index contributed by atoms with van der Waals surface area (Å²) in [6.45, 7) is -0.162. The molecule has 13 heteroatoms. The quantitative estimate of drug-likeness (QED) is 0.739. The van der Waals surface area contributed by atoms with E-state index >= 15 is 0 Å². The van der Waals surface area contributed by atoms with Crippen molar-refractivity contribution in [2.45, 2.75) is 37.7 Å². The van der Waals surface area contributed by atoms with Crippen LogP contribution in [0.1, 0.15) is 19.3 Å². The van der Waals surface area contributed by atoms with E-state index in [0.29, 0.717) is 24.4 Å². The fourth-order valence-corrected chi connectivity index (χ4v) is 3.91. The molecule has 1 N–H and O–H groups in total. The molecule has 1 saturated heterocycles. The van der Waals surface area contributed by atoms with Crippen molar-refractivity contribution in [3.05, 3.63) is 11.6 Å². The number of thiazole rings is 1. The predicted molar refractivity (Wildman–Crippen MR) is 84.5 cm³/mol. The van der Waals surface area contributed by atoms with Gasteiger partial charge in [-0.1, -0.05) is 0 Å². The zero-order valence-electron chi connectivity index (χ0n) is 14.1. The highest BCUT2D eigenvalue weighted by molar-refractivity contribution is 7.13. The van der Waals surface area contributed by atoms with E-state index in [9.17, 15) is 35.9 Å². The van der Waals surface area contributed by atoms with E-state index in [4.69, 9.17) is 0 Å². The molecule has 1 aromatic rings. The van der Waals surface area contributed by atoms with E-state index in [-0.39, 0.29) is 24.9 Å². The highest BCUT2D eigenvalue weighted by Crippen LogP contribution is 2.59. The zero-order chi connectivity index (χ0) is 20.7. The Morgan fingerprint density at radius 1 is 1.21 bits per heavy atom. The molecule has 2 aliphatic rings. The third-order valence-corrected chi connectivity index (χ3v) is 5.69. The minimum atomic E-state index is -5.75. The van der Waals surface area contributed by atoms with Crippen molar-refractivity contribution in [3.8, 4) is 0 Å². The third-order valence-electron chi connectivity index (χ3n) is 5.00. The second-order valence-electron chi connectivity index (χ2n) is 6.78. The lowest BCUT2D eigenvalue weighted by atomic mass is 9.91. The van der Waals surface area contributed by atoms with Crippen LogP contribution >= 0.6 is 11.3 Å². The topological polar surface area (TPSA) is 71.5 Å². The first kappa shape index (κ1) is 20.7. The van der Waals surface area contributed by atoms with Crippen LogP contribution in [-0.4, -0.2) is 53.4 Å². The number of nitrogens with one attached hydrogen (secondary N) is 1. The summed E-state index contributed by atoms with van der Waals surface area (Å²) in [5.74, 6) is -0.562. The monoisotopic (exact) mass is 431 g/mol. The fourth-order valence-electron chi connectivity index (χ4n) is 3.38. The maximum absolute atomic E-state index is 12.5. The number of piperidine rings is 1. The number of hydrogen-bond acceptors (Lipinski definition) is 5. The summed E-state index contributed by atoms with van der Waals surface area (Å²) >= 11 is 1.25. The molecular formula is C15H15F6N3O3S. The molecule has 28 heavy (non-hydrogen) atoms. The van der Waals surface area contributed by atoms with Gasteiger partial charge in [0, 0.05) is 30.6 Å². The number of carbonyl (C=O) groups is 2. The summed E-state index contributed by atoms with van der Waals surface area (Å²) in [6, 6.07) is 0. The second kappa shape index (κ2) is 7.08. The second-order valence-corrected chi connectivity index (χ2v) is 7.67. The lowest BCUT2D eigenvalue weighted by molar-refractivity contribution is -0.308. The molecule has 0 unspecified atom stereocenters. The summed E-state index contributed by atoms with van der Waals surface area (Å²) in [7, 11) is 0. The van der Waals surface area contributed by atoms with Crippen molar-refractivity contribution >= 4 is 28.5 Å². The van der Waals surface area contributed by atoms with Gasteiger partial charge >= 0.3 is 18.4 Å². The molecule has 1 aliphatic heterocycles. The summed E-state index contributed by atoms with van der Waals surface area (Å²) in [5, 5.41) is 4.80. The highest BCUT2D eigenvalue weighted by Gasteiger charge is 2.61. The van der Waals surface area contributed by atoms with Gasteiger partial charge in [0.15, 0.2) is 5.13 Å². The van der Waals surface area contributed by atoms with Gasteiger partial charge in [-0.05, 0) is 24.7 Å². The number of carbonyl (C=O) groups excluding carboxylic acids is 2. The number of halogens is 6. The molecule has 156 valence electrons. The van der Waals surface area contributed by atoms with Crippen molar-refractivity contribution in [2.24, 2.45) is 11.3 Å². The Kier molecular flexibility index (Phi) is 5.23. The first-order valence-electron chi connectivity index (χ1n) is 8.22. The first-order chi connectivity index (χ1) is 12.9. The van der Waals surface area contributed by atoms with Crippen LogP contribution in [0.2, 0.25) is 0 Å². The van der Waals surface area contributed by atoms with Crippen LogP contribution in [0.15, 0.2) is 11.6 Å². The van der Waals surface area contributed by atoms with Crippen molar-refractivity contribution < 1.29 is 40.7 Å².